The number of nitrogens with two attached hydrogens (primary N) is 3. The lowest BCUT2D eigenvalue weighted by Gasteiger charge is -2.39. The number of carboxylic acids is 1. The highest BCUT2D eigenvalue weighted by atomic mass is 16.4. The maximum Gasteiger partial charge on any atom is 0.328 e. The number of hydrogen-bond donors (Lipinski definition) is 5. The van der Waals surface area contributed by atoms with Crippen molar-refractivity contribution in [3.8, 4) is 0 Å². The third-order valence-electron chi connectivity index (χ3n) is 8.84. The van der Waals surface area contributed by atoms with E-state index in [9.17, 15) is 14.7 Å². The SMILES string of the molecule is CCCC[C@H](N)CCC[C@H]1c2cc3cc(CC=O)ccc3cc2CC[C@@H]1C[C@@H]([N-]c1ccc[nH]1)/C(=C/C(=O)O)CN=C(N)N. The van der Waals surface area contributed by atoms with Gasteiger partial charge in [-0.15, -0.1) is 0 Å². The van der Waals surface area contributed by atoms with Crippen molar-refractivity contribution in [1.82, 2.24) is 4.98 Å². The number of benzene rings is 2. The molecule has 44 heavy (non-hydrogen) atoms. The zero-order valence-electron chi connectivity index (χ0n) is 25.8. The molecule has 9 heteroatoms. The van der Waals surface area contributed by atoms with E-state index in [2.05, 4.69) is 41.2 Å². The zero-order chi connectivity index (χ0) is 31.5. The largest absolute Gasteiger partial charge is 0.478 e. The Morgan fingerprint density at radius 2 is 1.98 bits per heavy atom. The summed E-state index contributed by atoms with van der Waals surface area (Å²) in [5.74, 6) is 0.0440. The number of carbonyl (C=O) groups is 2. The highest BCUT2D eigenvalue weighted by Gasteiger charge is 2.32. The second-order valence-corrected chi connectivity index (χ2v) is 12.1. The molecule has 0 fully saturated rings. The molecule has 9 nitrogen and oxygen atoms in total. The Balaban J connectivity index is 1.69. The second kappa shape index (κ2) is 16.1. The topological polar surface area (TPSA) is 175 Å². The standard InChI is InChI=1S/C35H47N6O3/c1-2-3-6-29(36)7-4-8-30-26(13-12-25-18-24-11-10-23(14-16-42)17-27(24)19-31(25)30)20-32(41-33-9-5-15-39-33)28(21-34(43)44)22-40-35(37)38/h5,9-11,15-19,21,26,29-30,32,39H,2-4,6-8,12-14,20,22,36H2,1H3,(H,43,44)(H4,37,38,40)/q-1/b28-21+/t26-,29+,30-,32-/m1/s1. The van der Waals surface area contributed by atoms with Crippen LogP contribution < -0.4 is 17.2 Å². The fraction of sp³-hybridized carbons (Fsp3) is 0.457. The van der Waals surface area contributed by atoms with Gasteiger partial charge >= 0.3 is 5.97 Å². The number of aliphatic imine (C=N–C) groups is 1. The lowest BCUT2D eigenvalue weighted by atomic mass is 9.69. The first-order valence-electron chi connectivity index (χ1n) is 15.8. The summed E-state index contributed by atoms with van der Waals surface area (Å²) in [5.41, 5.74) is 22.0. The van der Waals surface area contributed by atoms with Gasteiger partial charge in [-0.05, 0) is 89.4 Å². The van der Waals surface area contributed by atoms with Crippen molar-refractivity contribution in [3.63, 3.8) is 0 Å². The maximum absolute atomic E-state index is 11.9. The number of aliphatic carboxylic acids is 1. The molecule has 236 valence electrons. The summed E-state index contributed by atoms with van der Waals surface area (Å²) in [5, 5.41) is 17.0. The Bertz CT molecular complexity index is 1440. The molecule has 0 aliphatic heterocycles. The van der Waals surface area contributed by atoms with Crippen molar-refractivity contribution in [2.45, 2.75) is 89.1 Å². The number of fused-ring (bicyclic) bond motifs is 2. The lowest BCUT2D eigenvalue weighted by Crippen LogP contribution is -2.28. The van der Waals surface area contributed by atoms with Crippen LogP contribution >= 0.6 is 0 Å². The van der Waals surface area contributed by atoms with Gasteiger partial charge in [-0.2, -0.15) is 0 Å². The lowest BCUT2D eigenvalue weighted by molar-refractivity contribution is -0.131. The molecule has 2 aromatic carbocycles. The van der Waals surface area contributed by atoms with Gasteiger partial charge in [0.15, 0.2) is 5.96 Å². The number of aldehydes is 1. The van der Waals surface area contributed by atoms with E-state index < -0.39 is 12.0 Å². The van der Waals surface area contributed by atoms with Crippen molar-refractivity contribution < 1.29 is 14.7 Å². The Morgan fingerprint density at radius 3 is 2.68 bits per heavy atom. The summed E-state index contributed by atoms with van der Waals surface area (Å²) in [6, 6.07) is 14.4. The van der Waals surface area contributed by atoms with Crippen LogP contribution in [0.5, 0.6) is 0 Å². The molecule has 0 saturated heterocycles. The number of nitrogens with zero attached hydrogens (tertiary/aromatic N) is 2. The summed E-state index contributed by atoms with van der Waals surface area (Å²) in [6.07, 6.45) is 13.2. The van der Waals surface area contributed by atoms with E-state index in [4.69, 9.17) is 22.5 Å². The van der Waals surface area contributed by atoms with Crippen LogP contribution in [0, 0.1) is 5.92 Å². The van der Waals surface area contributed by atoms with E-state index in [0.717, 1.165) is 68.6 Å². The first kappa shape index (κ1) is 32.8. The summed E-state index contributed by atoms with van der Waals surface area (Å²) in [6.45, 7) is 2.25. The van der Waals surface area contributed by atoms with Gasteiger partial charge < -0.3 is 37.4 Å². The number of guanidine groups is 1. The summed E-state index contributed by atoms with van der Waals surface area (Å²) in [4.78, 5) is 30.4. The minimum atomic E-state index is -1.05. The van der Waals surface area contributed by atoms with Gasteiger partial charge in [0.2, 0.25) is 0 Å². The van der Waals surface area contributed by atoms with Gasteiger partial charge in [-0.1, -0.05) is 80.7 Å². The van der Waals surface area contributed by atoms with E-state index in [1.165, 1.54) is 22.6 Å². The fourth-order valence-corrected chi connectivity index (χ4v) is 6.61. The van der Waals surface area contributed by atoms with Crippen LogP contribution in [0.15, 0.2) is 65.3 Å². The van der Waals surface area contributed by atoms with Crippen LogP contribution in [0.4, 0.5) is 5.82 Å². The average molecular weight is 600 g/mol. The van der Waals surface area contributed by atoms with Crippen LogP contribution in [0.2, 0.25) is 0 Å². The van der Waals surface area contributed by atoms with Gasteiger partial charge in [-0.3, -0.25) is 0 Å². The Labute approximate surface area is 260 Å². The molecule has 1 aromatic heterocycles. The van der Waals surface area contributed by atoms with Crippen molar-refractivity contribution >= 4 is 34.8 Å². The third-order valence-corrected chi connectivity index (χ3v) is 8.84. The average Bonchev–Trinajstić information content (AvgIpc) is 3.51. The first-order valence-corrected chi connectivity index (χ1v) is 15.8. The molecule has 1 aliphatic rings. The van der Waals surface area contributed by atoms with Crippen LogP contribution in [-0.2, 0) is 22.4 Å². The third kappa shape index (κ3) is 9.19. The van der Waals surface area contributed by atoms with E-state index in [0.29, 0.717) is 24.2 Å². The Hall–Kier alpha value is -4.11. The summed E-state index contributed by atoms with van der Waals surface area (Å²) >= 11 is 0. The van der Waals surface area contributed by atoms with Crippen LogP contribution in [0.25, 0.3) is 16.1 Å². The number of rotatable bonds is 17. The minimum absolute atomic E-state index is 0.0634. The van der Waals surface area contributed by atoms with Crippen molar-refractivity contribution in [3.05, 3.63) is 82.3 Å². The Morgan fingerprint density at radius 1 is 1.16 bits per heavy atom. The molecule has 8 N–H and O–H groups in total. The highest BCUT2D eigenvalue weighted by Crippen LogP contribution is 2.45. The second-order valence-electron chi connectivity index (χ2n) is 12.1. The fourth-order valence-electron chi connectivity index (χ4n) is 6.61. The van der Waals surface area contributed by atoms with Gasteiger partial charge in [0.05, 0.1) is 6.54 Å². The molecule has 1 heterocycles. The maximum atomic E-state index is 11.9. The van der Waals surface area contributed by atoms with Crippen molar-refractivity contribution in [2.24, 2.45) is 28.1 Å². The molecule has 0 spiro atoms. The molecule has 0 unspecified atom stereocenters. The minimum Gasteiger partial charge on any atom is -0.478 e. The van der Waals surface area contributed by atoms with E-state index in [1.54, 1.807) is 6.20 Å². The normalized spacial score (nSPS) is 17.9. The van der Waals surface area contributed by atoms with Crippen molar-refractivity contribution in [2.75, 3.05) is 6.54 Å². The van der Waals surface area contributed by atoms with Gasteiger partial charge in [0, 0.05) is 18.5 Å². The smallest absolute Gasteiger partial charge is 0.328 e. The molecular formula is C35H47N6O3-. The van der Waals surface area contributed by atoms with Crippen molar-refractivity contribution in [1.29, 1.82) is 0 Å². The molecule has 0 bridgehead atoms. The number of nitrogens with one attached hydrogen (secondary N) is 1. The summed E-state index contributed by atoms with van der Waals surface area (Å²) in [7, 11) is 0. The van der Waals surface area contributed by atoms with Crippen LogP contribution in [0.3, 0.4) is 0 Å². The first-order chi connectivity index (χ1) is 21.3. The molecular weight excluding hydrogens is 552 g/mol. The number of hydrogen-bond acceptors (Lipinski definition) is 4. The number of carboxylic acid groups (broad SMARTS) is 1. The van der Waals surface area contributed by atoms with Gasteiger partial charge in [0.25, 0.3) is 0 Å². The van der Waals surface area contributed by atoms with Gasteiger partial charge in [-0.25, -0.2) is 9.79 Å². The predicted octanol–water partition coefficient (Wildman–Crippen LogP) is 5.99. The number of aromatic amines is 1. The quantitative estimate of drug-likeness (QED) is 0.0551. The number of carbonyl (C=O) groups excluding carboxylic acids is 1. The number of aryl methyl sites for hydroxylation is 1. The number of H-pyrrole nitrogens is 1. The Kier molecular flexibility index (Phi) is 12.0. The predicted molar refractivity (Wildman–Crippen MR) is 178 cm³/mol. The number of unbranched alkanes of at least 4 members (excludes halogenated alkanes) is 1. The molecule has 0 saturated carbocycles. The van der Waals surface area contributed by atoms with E-state index in [-0.39, 0.29) is 30.4 Å². The molecule has 1 aliphatic carbocycles. The monoisotopic (exact) mass is 599 g/mol. The van der Waals surface area contributed by atoms with Crippen LogP contribution in [0.1, 0.15) is 80.9 Å². The number of aromatic nitrogens is 1. The van der Waals surface area contributed by atoms with E-state index in [1.807, 2.05) is 18.2 Å². The molecule has 4 rings (SSSR count). The molecule has 0 radical (unpaired) electrons. The van der Waals surface area contributed by atoms with Gasteiger partial charge in [0.1, 0.15) is 6.29 Å². The summed E-state index contributed by atoms with van der Waals surface area (Å²) < 4.78 is 0. The molecule has 0 amide bonds. The highest BCUT2D eigenvalue weighted by molar-refractivity contribution is 5.86. The zero-order valence-corrected chi connectivity index (χ0v) is 25.8. The molecule has 4 atom stereocenters. The van der Waals surface area contributed by atoms with E-state index >= 15 is 0 Å². The molecule has 3 aromatic rings. The van der Waals surface area contributed by atoms with Crippen LogP contribution in [-0.4, -0.2) is 46.9 Å².